The molecule has 0 spiro atoms. The van der Waals surface area contributed by atoms with Crippen molar-refractivity contribution >= 4 is 0 Å². The fraction of sp³-hybridized carbons (Fsp3) is 1.00. The molecule has 0 aromatic rings. The zero-order chi connectivity index (χ0) is 13.9. The normalized spacial score (nSPS) is 41.1. The van der Waals surface area contributed by atoms with Crippen molar-refractivity contribution in [3.05, 3.63) is 0 Å². The van der Waals surface area contributed by atoms with Crippen molar-refractivity contribution in [3.63, 3.8) is 0 Å². The minimum absolute atomic E-state index is 0.686. The van der Waals surface area contributed by atoms with Crippen molar-refractivity contribution in [3.8, 4) is 0 Å². The largest absolute Gasteiger partial charge is 0.329 e. The zero-order valence-corrected chi connectivity index (χ0v) is 13.4. The lowest BCUT2D eigenvalue weighted by Crippen LogP contribution is -2.52. The number of fused-ring (bicyclic) bond motifs is 1. The number of piperidine rings is 1. The van der Waals surface area contributed by atoms with E-state index in [1.165, 1.54) is 70.9 Å². The van der Waals surface area contributed by atoms with Crippen LogP contribution in [0.3, 0.4) is 0 Å². The third-order valence-corrected chi connectivity index (χ3v) is 6.64. The van der Waals surface area contributed by atoms with Crippen LogP contribution in [0, 0.1) is 23.7 Å². The second-order valence-electron chi connectivity index (χ2n) is 7.91. The maximum absolute atomic E-state index is 6.20. The lowest BCUT2D eigenvalue weighted by Gasteiger charge is -2.47. The minimum atomic E-state index is 0.686. The Morgan fingerprint density at radius 2 is 1.65 bits per heavy atom. The summed E-state index contributed by atoms with van der Waals surface area (Å²) in [4.78, 5) is 2.80. The highest BCUT2D eigenvalue weighted by Gasteiger charge is 2.36. The first-order valence-corrected chi connectivity index (χ1v) is 9.22. The molecule has 1 heterocycles. The summed E-state index contributed by atoms with van der Waals surface area (Å²) in [5.74, 6) is 3.88. The molecule has 0 aromatic carbocycles. The Labute approximate surface area is 125 Å². The standard InChI is InChI=1S/C18H34N2/c1-14-6-8-16(9-7-14)18(12-19)20-11-10-15-4-2-3-5-17(15)13-20/h14-18H,2-13,19H2,1H3. The third-order valence-electron chi connectivity index (χ3n) is 6.64. The molecule has 3 aliphatic rings. The smallest absolute Gasteiger partial charge is 0.0246 e. The quantitative estimate of drug-likeness (QED) is 0.854. The molecule has 0 aromatic heterocycles. The average molecular weight is 278 g/mol. The number of nitrogens with two attached hydrogens (primary N) is 1. The van der Waals surface area contributed by atoms with Gasteiger partial charge in [0.1, 0.15) is 0 Å². The van der Waals surface area contributed by atoms with Crippen LogP contribution < -0.4 is 5.73 Å². The van der Waals surface area contributed by atoms with Crippen LogP contribution in [0.4, 0.5) is 0 Å². The zero-order valence-electron chi connectivity index (χ0n) is 13.4. The Morgan fingerprint density at radius 1 is 0.950 bits per heavy atom. The number of nitrogens with zero attached hydrogens (tertiary/aromatic N) is 1. The molecular formula is C18H34N2. The predicted octanol–water partition coefficient (Wildman–Crippen LogP) is 3.65. The molecule has 0 bridgehead atoms. The minimum Gasteiger partial charge on any atom is -0.329 e. The van der Waals surface area contributed by atoms with Gasteiger partial charge in [-0.3, -0.25) is 4.90 Å². The molecule has 1 saturated heterocycles. The van der Waals surface area contributed by atoms with E-state index in [1.807, 2.05) is 0 Å². The number of rotatable bonds is 3. The van der Waals surface area contributed by atoms with Crippen molar-refractivity contribution in [1.29, 1.82) is 0 Å². The van der Waals surface area contributed by atoms with Gasteiger partial charge in [-0.15, -0.1) is 0 Å². The van der Waals surface area contributed by atoms with Crippen LogP contribution in [0.15, 0.2) is 0 Å². The Bertz CT molecular complexity index is 296. The Kier molecular flexibility index (Phi) is 5.04. The van der Waals surface area contributed by atoms with E-state index in [-0.39, 0.29) is 0 Å². The van der Waals surface area contributed by atoms with E-state index in [4.69, 9.17) is 5.73 Å². The molecular weight excluding hydrogens is 244 g/mol. The molecule has 2 saturated carbocycles. The van der Waals surface area contributed by atoms with Gasteiger partial charge in [0.05, 0.1) is 0 Å². The molecule has 0 radical (unpaired) electrons. The van der Waals surface area contributed by atoms with Crippen LogP contribution in [0.25, 0.3) is 0 Å². The molecule has 3 unspecified atom stereocenters. The molecule has 3 rings (SSSR count). The van der Waals surface area contributed by atoms with Gasteiger partial charge in [0, 0.05) is 19.1 Å². The maximum atomic E-state index is 6.20. The van der Waals surface area contributed by atoms with Gasteiger partial charge < -0.3 is 5.73 Å². The van der Waals surface area contributed by atoms with Gasteiger partial charge in [0.25, 0.3) is 0 Å². The van der Waals surface area contributed by atoms with E-state index in [9.17, 15) is 0 Å². The first-order valence-electron chi connectivity index (χ1n) is 9.22. The molecule has 20 heavy (non-hydrogen) atoms. The maximum Gasteiger partial charge on any atom is 0.0246 e. The van der Waals surface area contributed by atoms with Gasteiger partial charge in [0.15, 0.2) is 0 Å². The summed E-state index contributed by atoms with van der Waals surface area (Å²) >= 11 is 0. The Balaban J connectivity index is 1.58. The highest BCUT2D eigenvalue weighted by molar-refractivity contribution is 4.90. The van der Waals surface area contributed by atoms with E-state index in [0.29, 0.717) is 6.04 Å². The first kappa shape index (κ1) is 14.8. The van der Waals surface area contributed by atoms with Crippen molar-refractivity contribution < 1.29 is 0 Å². The second kappa shape index (κ2) is 6.79. The van der Waals surface area contributed by atoms with Crippen LogP contribution >= 0.6 is 0 Å². The highest BCUT2D eigenvalue weighted by Crippen LogP contribution is 2.39. The van der Waals surface area contributed by atoms with Crippen LogP contribution in [0.5, 0.6) is 0 Å². The molecule has 2 heteroatoms. The fourth-order valence-electron chi connectivity index (χ4n) is 5.24. The van der Waals surface area contributed by atoms with E-state index in [1.54, 1.807) is 0 Å². The third kappa shape index (κ3) is 3.22. The monoisotopic (exact) mass is 278 g/mol. The lowest BCUT2D eigenvalue weighted by atomic mass is 9.73. The summed E-state index contributed by atoms with van der Waals surface area (Å²) in [6.07, 6.45) is 13.1. The van der Waals surface area contributed by atoms with Crippen LogP contribution in [-0.2, 0) is 0 Å². The van der Waals surface area contributed by atoms with Gasteiger partial charge in [-0.25, -0.2) is 0 Å². The van der Waals surface area contributed by atoms with Gasteiger partial charge in [-0.1, -0.05) is 39.0 Å². The molecule has 2 N–H and O–H groups in total. The van der Waals surface area contributed by atoms with Gasteiger partial charge in [-0.05, 0) is 55.9 Å². The number of hydrogen-bond donors (Lipinski definition) is 1. The SMILES string of the molecule is CC1CCC(C(CN)N2CCC3CCCCC3C2)CC1. The predicted molar refractivity (Wildman–Crippen MR) is 85.6 cm³/mol. The summed E-state index contributed by atoms with van der Waals surface area (Å²) in [5.41, 5.74) is 6.20. The molecule has 1 aliphatic heterocycles. The van der Waals surface area contributed by atoms with Gasteiger partial charge >= 0.3 is 0 Å². The first-order chi connectivity index (χ1) is 9.78. The van der Waals surface area contributed by atoms with Crippen molar-refractivity contribution in [2.75, 3.05) is 19.6 Å². The van der Waals surface area contributed by atoms with Gasteiger partial charge in [-0.2, -0.15) is 0 Å². The van der Waals surface area contributed by atoms with Crippen LogP contribution in [-0.4, -0.2) is 30.6 Å². The molecule has 2 aliphatic carbocycles. The van der Waals surface area contributed by atoms with E-state index in [0.717, 1.165) is 30.2 Å². The molecule has 116 valence electrons. The summed E-state index contributed by atoms with van der Waals surface area (Å²) in [6.45, 7) is 5.99. The summed E-state index contributed by atoms with van der Waals surface area (Å²) in [5, 5.41) is 0. The van der Waals surface area contributed by atoms with E-state index >= 15 is 0 Å². The van der Waals surface area contributed by atoms with Crippen LogP contribution in [0.1, 0.15) is 64.7 Å². The van der Waals surface area contributed by atoms with Crippen molar-refractivity contribution in [2.24, 2.45) is 29.4 Å². The summed E-state index contributed by atoms with van der Waals surface area (Å²) in [6, 6.07) is 0.686. The topological polar surface area (TPSA) is 29.3 Å². The highest BCUT2D eigenvalue weighted by atomic mass is 15.2. The molecule has 0 amide bonds. The Hall–Kier alpha value is -0.0800. The second-order valence-corrected chi connectivity index (χ2v) is 7.91. The molecule has 3 atom stereocenters. The Morgan fingerprint density at radius 3 is 2.35 bits per heavy atom. The molecule has 2 nitrogen and oxygen atoms in total. The number of hydrogen-bond acceptors (Lipinski definition) is 2. The van der Waals surface area contributed by atoms with E-state index in [2.05, 4.69) is 11.8 Å². The van der Waals surface area contributed by atoms with E-state index < -0.39 is 0 Å². The van der Waals surface area contributed by atoms with Crippen LogP contribution in [0.2, 0.25) is 0 Å². The fourth-order valence-corrected chi connectivity index (χ4v) is 5.24. The summed E-state index contributed by atoms with van der Waals surface area (Å²) < 4.78 is 0. The van der Waals surface area contributed by atoms with Gasteiger partial charge in [0.2, 0.25) is 0 Å². The van der Waals surface area contributed by atoms with Crippen molar-refractivity contribution in [1.82, 2.24) is 4.90 Å². The lowest BCUT2D eigenvalue weighted by molar-refractivity contribution is 0.0286. The van der Waals surface area contributed by atoms with Crippen molar-refractivity contribution in [2.45, 2.75) is 70.8 Å². The number of likely N-dealkylation sites (tertiary alicyclic amines) is 1. The molecule has 3 fully saturated rings. The summed E-state index contributed by atoms with van der Waals surface area (Å²) in [7, 11) is 0. The average Bonchev–Trinajstić information content (AvgIpc) is 2.50.